The highest BCUT2D eigenvalue weighted by Gasteiger charge is 2.15. The molecule has 0 aliphatic heterocycles. The Balaban J connectivity index is 1.53. The van der Waals surface area contributed by atoms with Crippen molar-refractivity contribution < 1.29 is 0 Å². The van der Waals surface area contributed by atoms with Crippen molar-refractivity contribution in [3.63, 3.8) is 0 Å². The maximum absolute atomic E-state index is 3.79. The molecule has 0 aromatic heterocycles. The third-order valence-electron chi connectivity index (χ3n) is 5.08. The van der Waals surface area contributed by atoms with Gasteiger partial charge in [-0.1, -0.05) is 44.9 Å². The summed E-state index contributed by atoms with van der Waals surface area (Å²) in [5.74, 6) is 0.983. The van der Waals surface area contributed by atoms with Crippen LogP contribution in [0.3, 0.4) is 0 Å². The van der Waals surface area contributed by atoms with E-state index in [0.717, 1.165) is 12.0 Å². The zero-order valence-corrected chi connectivity index (χ0v) is 13.0. The summed E-state index contributed by atoms with van der Waals surface area (Å²) >= 11 is 0. The van der Waals surface area contributed by atoms with E-state index in [1.165, 1.54) is 90.3 Å². The van der Waals surface area contributed by atoms with Gasteiger partial charge in [0, 0.05) is 25.7 Å². The van der Waals surface area contributed by atoms with Crippen LogP contribution < -0.4 is 5.32 Å². The molecule has 2 nitrogen and oxygen atoms in total. The highest BCUT2D eigenvalue weighted by molar-refractivity contribution is 4.73. The molecule has 0 saturated heterocycles. The standard InChI is InChI=1S/C17H34N2/c1-19(15-16-9-5-4-6-10-16)14-13-18-17-11-7-2-3-8-12-17/h16-18H,2-15H2,1H3. The lowest BCUT2D eigenvalue weighted by atomic mass is 9.89. The van der Waals surface area contributed by atoms with E-state index < -0.39 is 0 Å². The van der Waals surface area contributed by atoms with Gasteiger partial charge in [0.25, 0.3) is 0 Å². The number of nitrogens with zero attached hydrogens (tertiary/aromatic N) is 1. The highest BCUT2D eigenvalue weighted by Crippen LogP contribution is 2.24. The first-order valence-corrected chi connectivity index (χ1v) is 8.76. The molecule has 2 aliphatic carbocycles. The zero-order valence-electron chi connectivity index (χ0n) is 13.0. The largest absolute Gasteiger partial charge is 0.313 e. The summed E-state index contributed by atoms with van der Waals surface area (Å²) in [7, 11) is 2.31. The molecule has 2 heteroatoms. The summed E-state index contributed by atoms with van der Waals surface area (Å²) in [5, 5.41) is 3.79. The first-order chi connectivity index (χ1) is 9.34. The van der Waals surface area contributed by atoms with Gasteiger partial charge < -0.3 is 10.2 Å². The van der Waals surface area contributed by atoms with Crippen LogP contribution in [-0.2, 0) is 0 Å². The molecule has 0 spiro atoms. The summed E-state index contributed by atoms with van der Waals surface area (Å²) in [6.45, 7) is 3.74. The van der Waals surface area contributed by atoms with Crippen LogP contribution in [0.2, 0.25) is 0 Å². The first kappa shape index (κ1) is 15.3. The first-order valence-electron chi connectivity index (χ1n) is 8.76. The second-order valence-corrected chi connectivity index (χ2v) is 6.91. The highest BCUT2D eigenvalue weighted by atomic mass is 15.1. The predicted octanol–water partition coefficient (Wildman–Crippen LogP) is 3.81. The lowest BCUT2D eigenvalue weighted by molar-refractivity contribution is 0.230. The van der Waals surface area contributed by atoms with Gasteiger partial charge in [0.2, 0.25) is 0 Å². The van der Waals surface area contributed by atoms with Crippen LogP contribution >= 0.6 is 0 Å². The fraction of sp³-hybridized carbons (Fsp3) is 1.00. The predicted molar refractivity (Wildman–Crippen MR) is 83.6 cm³/mol. The Morgan fingerprint density at radius 3 is 2.11 bits per heavy atom. The smallest absolute Gasteiger partial charge is 0.0104 e. The Labute approximate surface area is 120 Å². The molecule has 0 aromatic rings. The van der Waals surface area contributed by atoms with Crippen LogP contribution in [0.15, 0.2) is 0 Å². The Kier molecular flexibility index (Phi) is 7.23. The Bertz CT molecular complexity index is 215. The minimum atomic E-state index is 0.811. The Morgan fingerprint density at radius 1 is 0.842 bits per heavy atom. The van der Waals surface area contributed by atoms with Crippen molar-refractivity contribution in [1.29, 1.82) is 0 Å². The van der Waals surface area contributed by atoms with Crippen molar-refractivity contribution >= 4 is 0 Å². The quantitative estimate of drug-likeness (QED) is 0.735. The van der Waals surface area contributed by atoms with E-state index in [9.17, 15) is 0 Å². The number of hydrogen-bond donors (Lipinski definition) is 1. The normalized spacial score (nSPS) is 23.7. The van der Waals surface area contributed by atoms with Gasteiger partial charge in [0.15, 0.2) is 0 Å². The summed E-state index contributed by atoms with van der Waals surface area (Å²) in [4.78, 5) is 2.56. The van der Waals surface area contributed by atoms with Crippen molar-refractivity contribution in [2.75, 3.05) is 26.7 Å². The fourth-order valence-electron chi connectivity index (χ4n) is 3.84. The van der Waals surface area contributed by atoms with Crippen molar-refractivity contribution in [2.45, 2.75) is 76.7 Å². The van der Waals surface area contributed by atoms with Crippen LogP contribution in [0.1, 0.15) is 70.6 Å². The van der Waals surface area contributed by atoms with Crippen molar-refractivity contribution in [3.8, 4) is 0 Å². The number of rotatable bonds is 6. The molecule has 112 valence electrons. The molecule has 0 heterocycles. The lowest BCUT2D eigenvalue weighted by Crippen LogP contribution is -2.37. The minimum absolute atomic E-state index is 0.811. The molecular weight excluding hydrogens is 232 g/mol. The van der Waals surface area contributed by atoms with Gasteiger partial charge in [0.05, 0.1) is 0 Å². The molecule has 2 fully saturated rings. The van der Waals surface area contributed by atoms with E-state index in [1.807, 2.05) is 0 Å². The van der Waals surface area contributed by atoms with Gasteiger partial charge in [-0.15, -0.1) is 0 Å². The average Bonchev–Trinajstić information content (AvgIpc) is 2.68. The van der Waals surface area contributed by atoms with E-state index in [1.54, 1.807) is 0 Å². The van der Waals surface area contributed by atoms with Crippen LogP contribution in [0.5, 0.6) is 0 Å². The molecule has 2 saturated carbocycles. The molecular formula is C17H34N2. The number of hydrogen-bond acceptors (Lipinski definition) is 2. The molecule has 2 aliphatic rings. The summed E-state index contributed by atoms with van der Waals surface area (Å²) in [5.41, 5.74) is 0. The monoisotopic (exact) mass is 266 g/mol. The van der Waals surface area contributed by atoms with E-state index in [-0.39, 0.29) is 0 Å². The maximum Gasteiger partial charge on any atom is 0.0104 e. The van der Waals surface area contributed by atoms with Crippen LogP contribution in [0, 0.1) is 5.92 Å². The van der Waals surface area contributed by atoms with E-state index in [0.29, 0.717) is 0 Å². The third kappa shape index (κ3) is 6.27. The van der Waals surface area contributed by atoms with Gasteiger partial charge in [0.1, 0.15) is 0 Å². The SMILES string of the molecule is CN(CCNC1CCCCCC1)CC1CCCCC1. The molecule has 0 atom stereocenters. The van der Waals surface area contributed by atoms with Gasteiger partial charge in [-0.25, -0.2) is 0 Å². The van der Waals surface area contributed by atoms with Gasteiger partial charge in [-0.3, -0.25) is 0 Å². The summed E-state index contributed by atoms with van der Waals surface area (Å²) < 4.78 is 0. The molecule has 2 rings (SSSR count). The van der Waals surface area contributed by atoms with Gasteiger partial charge in [-0.05, 0) is 38.6 Å². The molecule has 0 bridgehead atoms. The molecule has 0 amide bonds. The van der Waals surface area contributed by atoms with Gasteiger partial charge >= 0.3 is 0 Å². The Morgan fingerprint density at radius 2 is 1.42 bits per heavy atom. The minimum Gasteiger partial charge on any atom is -0.313 e. The van der Waals surface area contributed by atoms with E-state index in [4.69, 9.17) is 0 Å². The lowest BCUT2D eigenvalue weighted by Gasteiger charge is -2.27. The van der Waals surface area contributed by atoms with Crippen LogP contribution in [0.4, 0.5) is 0 Å². The average molecular weight is 266 g/mol. The maximum atomic E-state index is 3.79. The second kappa shape index (κ2) is 8.97. The molecule has 1 N–H and O–H groups in total. The molecule has 19 heavy (non-hydrogen) atoms. The Hall–Kier alpha value is -0.0800. The molecule has 0 radical (unpaired) electrons. The second-order valence-electron chi connectivity index (χ2n) is 6.91. The number of likely N-dealkylation sites (N-methyl/N-ethyl adjacent to an activating group) is 1. The topological polar surface area (TPSA) is 15.3 Å². The van der Waals surface area contributed by atoms with Crippen LogP contribution in [-0.4, -0.2) is 37.6 Å². The third-order valence-corrected chi connectivity index (χ3v) is 5.08. The van der Waals surface area contributed by atoms with Crippen molar-refractivity contribution in [3.05, 3.63) is 0 Å². The number of nitrogens with one attached hydrogen (secondary N) is 1. The van der Waals surface area contributed by atoms with Gasteiger partial charge in [-0.2, -0.15) is 0 Å². The molecule has 0 aromatic carbocycles. The fourth-order valence-corrected chi connectivity index (χ4v) is 3.84. The van der Waals surface area contributed by atoms with Crippen molar-refractivity contribution in [2.24, 2.45) is 5.92 Å². The molecule has 0 unspecified atom stereocenters. The van der Waals surface area contributed by atoms with Crippen LogP contribution in [0.25, 0.3) is 0 Å². The summed E-state index contributed by atoms with van der Waals surface area (Å²) in [6.07, 6.45) is 16.0. The van der Waals surface area contributed by atoms with E-state index in [2.05, 4.69) is 17.3 Å². The van der Waals surface area contributed by atoms with Crippen molar-refractivity contribution in [1.82, 2.24) is 10.2 Å². The summed E-state index contributed by atoms with van der Waals surface area (Å²) in [6, 6.07) is 0.811. The van der Waals surface area contributed by atoms with E-state index >= 15 is 0 Å². The zero-order chi connectivity index (χ0) is 13.3.